The Kier molecular flexibility index (Phi) is 5.45. The van der Waals surface area contributed by atoms with Gasteiger partial charge < -0.3 is 15.0 Å². The van der Waals surface area contributed by atoms with E-state index in [0.717, 1.165) is 5.56 Å². The third-order valence-electron chi connectivity index (χ3n) is 3.82. The van der Waals surface area contributed by atoms with Crippen LogP contribution in [0.15, 0.2) is 54.6 Å². The molecular weight excluding hydrogens is 364 g/mol. The summed E-state index contributed by atoms with van der Waals surface area (Å²) in [6, 6.07) is 14.6. The maximum absolute atomic E-state index is 12.2. The Hall–Kier alpha value is -4.01. The van der Waals surface area contributed by atoms with Gasteiger partial charge >= 0.3 is 5.97 Å². The number of benzene rings is 2. The molecule has 1 aromatic heterocycles. The van der Waals surface area contributed by atoms with Crippen molar-refractivity contribution in [1.29, 1.82) is 0 Å². The van der Waals surface area contributed by atoms with E-state index in [9.17, 15) is 19.7 Å². The first-order valence-electron chi connectivity index (χ1n) is 8.27. The highest BCUT2D eigenvalue weighted by Crippen LogP contribution is 2.18. The lowest BCUT2D eigenvalue weighted by atomic mass is 10.2. The number of aromatic nitrogens is 2. The van der Waals surface area contributed by atoms with Crippen LogP contribution in [0.2, 0.25) is 0 Å². The molecule has 28 heavy (non-hydrogen) atoms. The third-order valence-corrected chi connectivity index (χ3v) is 3.82. The highest BCUT2D eigenvalue weighted by Gasteiger charge is 2.18. The van der Waals surface area contributed by atoms with E-state index in [4.69, 9.17) is 4.74 Å². The molecule has 0 saturated carbocycles. The van der Waals surface area contributed by atoms with Crippen molar-refractivity contribution in [3.8, 4) is 11.4 Å². The normalized spacial score (nSPS) is 10.3. The number of nitrogens with one attached hydrogen (secondary N) is 2. The molecule has 9 nitrogen and oxygen atoms in total. The van der Waals surface area contributed by atoms with Crippen molar-refractivity contribution >= 4 is 23.3 Å². The number of carbonyl (C=O) groups is 2. The van der Waals surface area contributed by atoms with E-state index in [1.807, 2.05) is 30.3 Å². The van der Waals surface area contributed by atoms with E-state index in [2.05, 4.69) is 15.3 Å². The highest BCUT2D eigenvalue weighted by molar-refractivity contribution is 5.95. The van der Waals surface area contributed by atoms with Crippen molar-refractivity contribution in [3.63, 3.8) is 0 Å². The molecule has 0 aliphatic heterocycles. The lowest BCUT2D eigenvalue weighted by Crippen LogP contribution is -2.21. The maximum Gasteiger partial charge on any atom is 0.359 e. The zero-order valence-electron chi connectivity index (χ0n) is 14.8. The Balaban J connectivity index is 1.58. The van der Waals surface area contributed by atoms with Gasteiger partial charge in [0, 0.05) is 29.1 Å². The fourth-order valence-corrected chi connectivity index (χ4v) is 2.45. The molecule has 0 atom stereocenters. The molecule has 0 aliphatic carbocycles. The number of H-pyrrole nitrogens is 1. The van der Waals surface area contributed by atoms with Gasteiger partial charge in [-0.2, -0.15) is 0 Å². The molecule has 0 spiro atoms. The van der Waals surface area contributed by atoms with Crippen molar-refractivity contribution in [2.24, 2.45) is 0 Å². The summed E-state index contributed by atoms with van der Waals surface area (Å²) in [6.45, 7) is 1.18. The van der Waals surface area contributed by atoms with Gasteiger partial charge in [-0.25, -0.2) is 9.78 Å². The number of nitrogens with zero attached hydrogens (tertiary/aromatic N) is 2. The van der Waals surface area contributed by atoms with Crippen molar-refractivity contribution < 1.29 is 19.2 Å². The number of hydrogen-bond donors (Lipinski definition) is 2. The molecule has 1 amide bonds. The topological polar surface area (TPSA) is 127 Å². The Morgan fingerprint density at radius 2 is 1.82 bits per heavy atom. The number of hydrogen-bond acceptors (Lipinski definition) is 6. The predicted molar refractivity (Wildman–Crippen MR) is 101 cm³/mol. The van der Waals surface area contributed by atoms with Crippen LogP contribution in [0.1, 0.15) is 16.2 Å². The van der Waals surface area contributed by atoms with E-state index in [1.54, 1.807) is 6.92 Å². The fraction of sp³-hybridized carbons (Fsp3) is 0.105. The number of anilines is 1. The SMILES string of the molecule is Cc1[nH]c(-c2ccccc2)nc1C(=O)OCC(=O)Nc1ccc([N+](=O)[O-])cc1. The number of non-ortho nitro benzene ring substituents is 1. The minimum atomic E-state index is -0.727. The van der Waals surface area contributed by atoms with Crippen LogP contribution in [-0.2, 0) is 9.53 Å². The molecule has 0 radical (unpaired) electrons. The molecular formula is C19H16N4O5. The van der Waals surface area contributed by atoms with Crippen LogP contribution in [0.3, 0.4) is 0 Å². The van der Waals surface area contributed by atoms with Gasteiger partial charge in [0.2, 0.25) is 0 Å². The number of carbonyl (C=O) groups excluding carboxylic acids is 2. The minimum absolute atomic E-state index is 0.0901. The summed E-state index contributed by atoms with van der Waals surface area (Å²) in [5.74, 6) is -0.770. The smallest absolute Gasteiger partial charge is 0.359 e. The molecule has 9 heteroatoms. The Bertz CT molecular complexity index is 1010. The average Bonchev–Trinajstić information content (AvgIpc) is 3.09. The van der Waals surface area contributed by atoms with Crippen LogP contribution in [-0.4, -0.2) is 33.4 Å². The molecule has 3 rings (SSSR count). The van der Waals surface area contributed by atoms with E-state index >= 15 is 0 Å². The number of amides is 1. The van der Waals surface area contributed by atoms with Crippen molar-refractivity contribution in [1.82, 2.24) is 9.97 Å². The number of esters is 1. The van der Waals surface area contributed by atoms with Crippen LogP contribution < -0.4 is 5.32 Å². The monoisotopic (exact) mass is 380 g/mol. The Morgan fingerprint density at radius 3 is 2.46 bits per heavy atom. The van der Waals surface area contributed by atoms with Crippen LogP contribution in [0.4, 0.5) is 11.4 Å². The zero-order chi connectivity index (χ0) is 20.1. The molecule has 0 unspecified atom stereocenters. The van der Waals surface area contributed by atoms with Crippen molar-refractivity contribution in [2.45, 2.75) is 6.92 Å². The molecule has 2 N–H and O–H groups in total. The number of imidazole rings is 1. The van der Waals surface area contributed by atoms with Gasteiger partial charge in [-0.1, -0.05) is 30.3 Å². The highest BCUT2D eigenvalue weighted by atomic mass is 16.6. The van der Waals surface area contributed by atoms with Crippen LogP contribution in [0.25, 0.3) is 11.4 Å². The summed E-state index contributed by atoms with van der Waals surface area (Å²) in [5, 5.41) is 13.1. The van der Waals surface area contributed by atoms with Crippen LogP contribution >= 0.6 is 0 Å². The van der Waals surface area contributed by atoms with E-state index < -0.39 is 23.4 Å². The van der Waals surface area contributed by atoms with E-state index in [-0.39, 0.29) is 11.4 Å². The average molecular weight is 380 g/mol. The van der Waals surface area contributed by atoms with Crippen molar-refractivity contribution in [2.75, 3.05) is 11.9 Å². The second-order valence-electron chi connectivity index (χ2n) is 5.85. The van der Waals surface area contributed by atoms with Crippen molar-refractivity contribution in [3.05, 3.63) is 76.1 Å². The number of rotatable bonds is 6. The number of nitro groups is 1. The summed E-state index contributed by atoms with van der Waals surface area (Å²) >= 11 is 0. The standard InChI is InChI=1S/C19H16N4O5/c1-12-17(22-18(20-12)13-5-3-2-4-6-13)19(25)28-11-16(24)21-14-7-9-15(10-8-14)23(26)27/h2-10H,11H2,1H3,(H,20,22)(H,21,24). The van der Waals surface area contributed by atoms with Gasteiger partial charge in [0.25, 0.3) is 11.6 Å². The molecule has 2 aromatic carbocycles. The molecule has 3 aromatic rings. The second kappa shape index (κ2) is 8.12. The Morgan fingerprint density at radius 1 is 1.14 bits per heavy atom. The molecule has 0 bridgehead atoms. The fourth-order valence-electron chi connectivity index (χ4n) is 2.45. The largest absolute Gasteiger partial charge is 0.451 e. The Labute approximate surface area is 159 Å². The summed E-state index contributed by atoms with van der Waals surface area (Å²) in [6.07, 6.45) is 0. The third kappa shape index (κ3) is 4.39. The lowest BCUT2D eigenvalue weighted by Gasteiger charge is -2.06. The lowest BCUT2D eigenvalue weighted by molar-refractivity contribution is -0.384. The quantitative estimate of drug-likeness (QED) is 0.384. The number of ether oxygens (including phenoxy) is 1. The predicted octanol–water partition coefficient (Wildman–Crippen LogP) is 3.09. The molecule has 0 aliphatic rings. The first-order chi connectivity index (χ1) is 13.4. The van der Waals surface area contributed by atoms with Gasteiger partial charge in [0.05, 0.1) is 4.92 Å². The van der Waals surface area contributed by atoms with E-state index in [0.29, 0.717) is 17.2 Å². The number of nitro benzene ring substituents is 1. The molecule has 1 heterocycles. The second-order valence-corrected chi connectivity index (χ2v) is 5.85. The zero-order valence-corrected chi connectivity index (χ0v) is 14.8. The first-order valence-corrected chi connectivity index (χ1v) is 8.27. The number of aryl methyl sites for hydroxylation is 1. The maximum atomic E-state index is 12.2. The molecule has 142 valence electrons. The summed E-state index contributed by atoms with van der Waals surface area (Å²) in [7, 11) is 0. The van der Waals surface area contributed by atoms with E-state index in [1.165, 1.54) is 24.3 Å². The van der Waals surface area contributed by atoms with Gasteiger partial charge in [0.15, 0.2) is 12.3 Å². The first kappa shape index (κ1) is 18.8. The molecule has 0 fully saturated rings. The van der Waals surface area contributed by atoms with Gasteiger partial charge in [-0.3, -0.25) is 14.9 Å². The van der Waals surface area contributed by atoms with Gasteiger partial charge in [-0.05, 0) is 19.1 Å². The van der Waals surface area contributed by atoms with Crippen LogP contribution in [0, 0.1) is 17.0 Å². The summed E-state index contributed by atoms with van der Waals surface area (Å²) in [4.78, 5) is 41.5. The minimum Gasteiger partial charge on any atom is -0.451 e. The number of aromatic amines is 1. The van der Waals surface area contributed by atoms with Gasteiger partial charge in [0.1, 0.15) is 5.82 Å². The molecule has 0 saturated heterocycles. The van der Waals surface area contributed by atoms with Crippen LogP contribution in [0.5, 0.6) is 0 Å². The summed E-state index contributed by atoms with van der Waals surface area (Å²) in [5.41, 5.74) is 1.71. The van der Waals surface area contributed by atoms with Gasteiger partial charge in [-0.15, -0.1) is 0 Å². The summed E-state index contributed by atoms with van der Waals surface area (Å²) < 4.78 is 5.01.